The van der Waals surface area contributed by atoms with Crippen molar-refractivity contribution in [2.24, 2.45) is 69.4 Å². The highest BCUT2D eigenvalue weighted by molar-refractivity contribution is 6.00. The average molecular weight is 981 g/mol. The maximum Gasteiger partial charge on any atom is 0.309 e. The lowest BCUT2D eigenvalue weighted by atomic mass is 9.40. The van der Waals surface area contributed by atoms with Crippen LogP contribution in [0.2, 0.25) is 0 Å². The number of aliphatic hydroxyl groups excluding tert-OH is 1. The quantitative estimate of drug-likeness (QED) is 0.0994. The molecule has 8 atom stereocenters. The molecule has 4 aliphatic carbocycles. The van der Waals surface area contributed by atoms with Crippen molar-refractivity contribution < 1.29 is 33.7 Å². The number of aryl methyl sites for hydroxylation is 1. The van der Waals surface area contributed by atoms with Crippen molar-refractivity contribution in [3.05, 3.63) is 84.6 Å². The van der Waals surface area contributed by atoms with Gasteiger partial charge in [-0.1, -0.05) is 134 Å². The fourth-order valence-electron chi connectivity index (χ4n) is 10.8. The van der Waals surface area contributed by atoms with Crippen LogP contribution in [0.3, 0.4) is 0 Å². The molecule has 3 saturated carbocycles. The lowest BCUT2D eigenvalue weighted by Gasteiger charge is -2.65. The normalized spacial score (nSPS) is 26.1. The SMILES string of the molecule is C=C(O)C(C)(C)C.C=C/C(C)=C\N.C=CC(=C)F.CC.CCCC.Cc1nnc(CC23CCC4C(CCC5C(C)(CCC(C)OC(=O)CC(C)(C)C(=O)O)C(C)CCC45C)C2=C(C(C)C)C(=O)C3)n1C. The number of carboxylic acid groups (broad SMARTS) is 1. The van der Waals surface area contributed by atoms with Crippen molar-refractivity contribution in [3.8, 4) is 0 Å². The van der Waals surface area contributed by atoms with Crippen molar-refractivity contribution in [2.45, 2.75) is 207 Å². The maximum absolute atomic E-state index is 13.8. The summed E-state index contributed by atoms with van der Waals surface area (Å²) >= 11 is 0. The second kappa shape index (κ2) is 28.7. The molecular formula is C59H101FN4O6. The van der Waals surface area contributed by atoms with E-state index in [1.165, 1.54) is 37.5 Å². The molecule has 0 bridgehead atoms. The Balaban J connectivity index is 0.00000164. The lowest BCUT2D eigenvalue weighted by molar-refractivity contribution is -0.160. The van der Waals surface area contributed by atoms with E-state index in [0.29, 0.717) is 35.9 Å². The molecule has 0 amide bonds. The zero-order valence-corrected chi connectivity index (χ0v) is 47.5. The molecule has 11 heteroatoms. The van der Waals surface area contributed by atoms with E-state index >= 15 is 0 Å². The van der Waals surface area contributed by atoms with Crippen LogP contribution >= 0.6 is 0 Å². The van der Waals surface area contributed by atoms with E-state index in [0.717, 1.165) is 73.8 Å². The van der Waals surface area contributed by atoms with Crippen LogP contribution < -0.4 is 5.73 Å². The summed E-state index contributed by atoms with van der Waals surface area (Å²) in [7, 11) is 2.05. The van der Waals surface area contributed by atoms with Gasteiger partial charge >= 0.3 is 11.9 Å². The van der Waals surface area contributed by atoms with Crippen LogP contribution in [0, 0.1) is 63.6 Å². The van der Waals surface area contributed by atoms with Crippen molar-refractivity contribution in [2.75, 3.05) is 0 Å². The Morgan fingerprint density at radius 3 is 1.91 bits per heavy atom. The summed E-state index contributed by atoms with van der Waals surface area (Å²) in [6.45, 7) is 47.8. The molecule has 4 aliphatic rings. The van der Waals surface area contributed by atoms with Crippen LogP contribution in [0.1, 0.15) is 199 Å². The third-order valence-corrected chi connectivity index (χ3v) is 15.9. The molecule has 0 spiro atoms. The van der Waals surface area contributed by atoms with Crippen LogP contribution in [0.4, 0.5) is 4.39 Å². The first kappa shape index (κ1) is 65.7. The van der Waals surface area contributed by atoms with Crippen molar-refractivity contribution in [1.29, 1.82) is 0 Å². The number of Topliss-reactive ketones (excluding diaryl/α,β-unsaturated/α-hetero) is 1. The van der Waals surface area contributed by atoms with E-state index in [9.17, 15) is 23.9 Å². The van der Waals surface area contributed by atoms with E-state index < -0.39 is 23.2 Å². The number of carbonyl (C=O) groups excluding carboxylic acids is 2. The van der Waals surface area contributed by atoms with Gasteiger partial charge in [0.2, 0.25) is 0 Å². The standard InChI is InChI=1S/C38H59N3O5.C6H12O.C5H9N.C4H5F.C4H10.C2H6/c1-22(2)32-28(42)19-38(20-30-40-39-25(5)41(30)10)18-15-27-26(33(32)38)11-12-29-36(8,23(3)13-16-37(27,29)9)17-14-24(4)46-31(43)21-35(6,7)34(44)45;1-5(7)6(2,3)4;1-3-5(2)4-6;1-3-4(2)5;1-3-4-2;1-2/h22-24,26-27,29H,11-21H2,1-10H3,(H,44,45);7H,1H2,2-4H3;3-4H,1,6H2,2H3;3H,1-2H2;3-4H2,1-2H3;1-2H3/b;;5-4-;;;. The first-order chi connectivity index (χ1) is 32.3. The predicted molar refractivity (Wildman–Crippen MR) is 289 cm³/mol. The molecule has 70 heavy (non-hydrogen) atoms. The van der Waals surface area contributed by atoms with Crippen LogP contribution in [-0.4, -0.2) is 48.8 Å². The van der Waals surface area contributed by atoms with Crippen LogP contribution in [-0.2, 0) is 32.6 Å². The Labute approximate surface area is 426 Å². The largest absolute Gasteiger partial charge is 0.512 e. The summed E-state index contributed by atoms with van der Waals surface area (Å²) in [5.41, 5.74) is 7.53. The predicted octanol–water partition coefficient (Wildman–Crippen LogP) is 15.3. The van der Waals surface area contributed by atoms with E-state index in [2.05, 4.69) is 89.5 Å². The number of unbranched alkanes of at least 4 members (excludes halogenated alkanes) is 1. The fourth-order valence-corrected chi connectivity index (χ4v) is 10.8. The van der Waals surface area contributed by atoms with Crippen molar-refractivity contribution in [3.63, 3.8) is 0 Å². The molecular weight excluding hydrogens is 880 g/mol. The lowest BCUT2D eigenvalue weighted by Crippen LogP contribution is -2.57. The van der Waals surface area contributed by atoms with Crippen molar-refractivity contribution in [1.82, 2.24) is 14.8 Å². The van der Waals surface area contributed by atoms with E-state index in [1.54, 1.807) is 19.9 Å². The molecule has 0 aliphatic heterocycles. The number of ketones is 1. The van der Waals surface area contributed by atoms with Crippen LogP contribution in [0.15, 0.2) is 73.0 Å². The van der Waals surface area contributed by atoms with Gasteiger partial charge in [-0.2, -0.15) is 0 Å². The third kappa shape index (κ3) is 17.5. The van der Waals surface area contributed by atoms with Gasteiger partial charge in [0.15, 0.2) is 5.78 Å². The Kier molecular flexibility index (Phi) is 26.9. The molecule has 0 aromatic carbocycles. The number of aromatic nitrogens is 3. The summed E-state index contributed by atoms with van der Waals surface area (Å²) in [6, 6.07) is 0. The number of carbonyl (C=O) groups is 3. The molecule has 0 radical (unpaired) electrons. The number of aliphatic hydroxyl groups is 1. The molecule has 1 aromatic heterocycles. The minimum Gasteiger partial charge on any atom is -0.512 e. The Morgan fingerprint density at radius 2 is 1.51 bits per heavy atom. The minimum atomic E-state index is -1.14. The van der Waals surface area contributed by atoms with E-state index in [4.69, 9.17) is 15.6 Å². The Bertz CT molecular complexity index is 1970. The first-order valence-electron chi connectivity index (χ1n) is 26.2. The number of nitrogens with zero attached hydrogens (tertiary/aromatic N) is 3. The molecule has 4 N–H and O–H groups in total. The van der Waals surface area contributed by atoms with Gasteiger partial charge in [0.1, 0.15) is 17.5 Å². The van der Waals surface area contributed by atoms with Gasteiger partial charge in [-0.15, -0.1) is 10.2 Å². The second-order valence-corrected chi connectivity index (χ2v) is 22.8. The van der Waals surface area contributed by atoms with E-state index in [-0.39, 0.29) is 45.9 Å². The molecule has 3 fully saturated rings. The Morgan fingerprint density at radius 1 is 0.971 bits per heavy atom. The summed E-state index contributed by atoms with van der Waals surface area (Å²) < 4.78 is 19.0. The molecule has 5 rings (SSSR count). The summed E-state index contributed by atoms with van der Waals surface area (Å²) in [5, 5.41) is 27.1. The van der Waals surface area contributed by atoms with Gasteiger partial charge in [-0.25, -0.2) is 4.39 Å². The number of ether oxygens (including phenoxy) is 1. The molecule has 1 aromatic rings. The number of fused-ring (bicyclic) bond motifs is 5. The number of rotatable bonds is 13. The van der Waals surface area contributed by atoms with Gasteiger partial charge in [0.25, 0.3) is 0 Å². The smallest absolute Gasteiger partial charge is 0.309 e. The number of halogens is 1. The number of allylic oxidation sites excluding steroid dienone is 7. The summed E-state index contributed by atoms with van der Waals surface area (Å²) in [5.74, 6) is 2.93. The number of nitrogens with two attached hydrogens (primary N) is 1. The number of aliphatic carboxylic acids is 1. The highest BCUT2D eigenvalue weighted by Crippen LogP contribution is 2.70. The van der Waals surface area contributed by atoms with Gasteiger partial charge in [-0.3, -0.25) is 14.4 Å². The Hall–Kier alpha value is -4.28. The number of carboxylic acids is 1. The van der Waals surface area contributed by atoms with Crippen LogP contribution in [0.5, 0.6) is 0 Å². The number of hydrogen-bond donors (Lipinski definition) is 3. The van der Waals surface area contributed by atoms with Gasteiger partial charge in [0, 0.05) is 30.7 Å². The minimum absolute atomic E-state index is 0.115. The molecule has 10 nitrogen and oxygen atoms in total. The first-order valence-corrected chi connectivity index (χ1v) is 26.2. The topological polar surface area (TPSA) is 158 Å². The molecule has 1 heterocycles. The van der Waals surface area contributed by atoms with Crippen molar-refractivity contribution >= 4 is 17.7 Å². The van der Waals surface area contributed by atoms with Crippen LogP contribution in [0.25, 0.3) is 0 Å². The summed E-state index contributed by atoms with van der Waals surface area (Å²) in [4.78, 5) is 38.0. The number of hydrogen-bond acceptors (Lipinski definition) is 8. The monoisotopic (exact) mass is 981 g/mol. The fraction of sp³-hybridized carbons (Fsp3) is 0.712. The third-order valence-electron chi connectivity index (χ3n) is 15.9. The van der Waals surface area contributed by atoms with Gasteiger partial charge in [-0.05, 0) is 150 Å². The molecule has 400 valence electrons. The summed E-state index contributed by atoms with van der Waals surface area (Å²) in [6.07, 6.45) is 16.6. The average Bonchev–Trinajstić information content (AvgIpc) is 3.77. The zero-order valence-electron chi connectivity index (χ0n) is 47.5. The second-order valence-electron chi connectivity index (χ2n) is 22.8. The van der Waals surface area contributed by atoms with Gasteiger partial charge < -0.3 is 25.3 Å². The maximum atomic E-state index is 13.8. The van der Waals surface area contributed by atoms with E-state index in [1.807, 2.05) is 62.4 Å². The highest BCUT2D eigenvalue weighted by Gasteiger charge is 2.63. The molecule has 8 unspecified atom stereocenters. The van der Waals surface area contributed by atoms with Gasteiger partial charge in [0.05, 0.1) is 23.7 Å². The highest BCUT2D eigenvalue weighted by atomic mass is 19.1. The number of esters is 1. The zero-order chi connectivity index (χ0) is 54.7. The molecule has 0 saturated heterocycles.